The van der Waals surface area contributed by atoms with Gasteiger partial charge in [0.15, 0.2) is 12.1 Å². The first-order valence-corrected chi connectivity index (χ1v) is 5.30. The molecule has 0 unspecified atom stereocenters. The molecule has 1 rings (SSSR count). The van der Waals surface area contributed by atoms with Gasteiger partial charge in [-0.2, -0.15) is 0 Å². The molecule has 1 amide bonds. The Bertz CT molecular complexity index is 455. The molecule has 1 aromatic rings. The number of hydrogen-bond acceptors (Lipinski definition) is 3. The Morgan fingerprint density at radius 1 is 1.47 bits per heavy atom. The molecule has 1 N–H and O–H groups in total. The lowest BCUT2D eigenvalue weighted by Crippen LogP contribution is -2.46. The van der Waals surface area contributed by atoms with Crippen molar-refractivity contribution in [3.8, 4) is 0 Å². The fourth-order valence-corrected chi connectivity index (χ4v) is 1.55. The van der Waals surface area contributed by atoms with Crippen LogP contribution in [-0.4, -0.2) is 28.0 Å². The van der Waals surface area contributed by atoms with Crippen LogP contribution < -0.4 is 4.90 Å². The van der Waals surface area contributed by atoms with E-state index in [-0.39, 0.29) is 16.5 Å². The van der Waals surface area contributed by atoms with Crippen LogP contribution in [0.2, 0.25) is 5.15 Å². The van der Waals surface area contributed by atoms with E-state index < -0.39 is 11.6 Å². The van der Waals surface area contributed by atoms with Crippen molar-refractivity contribution in [2.75, 3.05) is 4.90 Å². The van der Waals surface area contributed by atoms with Gasteiger partial charge in [0, 0.05) is 5.54 Å². The van der Waals surface area contributed by atoms with Crippen molar-refractivity contribution < 1.29 is 14.7 Å². The highest BCUT2D eigenvalue weighted by Crippen LogP contribution is 2.26. The lowest BCUT2D eigenvalue weighted by Gasteiger charge is -2.32. The Labute approximate surface area is 104 Å². The highest BCUT2D eigenvalue weighted by Gasteiger charge is 2.30. The first kappa shape index (κ1) is 13.4. The van der Waals surface area contributed by atoms with Crippen LogP contribution >= 0.6 is 11.6 Å². The summed E-state index contributed by atoms with van der Waals surface area (Å²) >= 11 is 5.73. The Kier molecular flexibility index (Phi) is 3.72. The van der Waals surface area contributed by atoms with Crippen LogP contribution in [0.3, 0.4) is 0 Å². The molecule has 0 spiro atoms. The minimum atomic E-state index is -1.18. The summed E-state index contributed by atoms with van der Waals surface area (Å²) in [6, 6.07) is 2.89. The van der Waals surface area contributed by atoms with Gasteiger partial charge >= 0.3 is 6.09 Å². The minimum absolute atomic E-state index is 0.0486. The molecule has 5 nitrogen and oxygen atoms in total. The molecule has 0 fully saturated rings. The summed E-state index contributed by atoms with van der Waals surface area (Å²) in [5.74, 6) is 0.0486. The van der Waals surface area contributed by atoms with E-state index in [1.54, 1.807) is 20.8 Å². The maximum absolute atomic E-state index is 11.3. The predicted molar refractivity (Wildman–Crippen MR) is 64.9 cm³/mol. The van der Waals surface area contributed by atoms with Crippen molar-refractivity contribution >= 4 is 29.8 Å². The number of amides is 1. The largest absolute Gasteiger partial charge is 0.465 e. The fourth-order valence-electron chi connectivity index (χ4n) is 1.40. The molecule has 17 heavy (non-hydrogen) atoms. The van der Waals surface area contributed by atoms with Gasteiger partial charge in [0.1, 0.15) is 5.15 Å². The zero-order valence-electron chi connectivity index (χ0n) is 9.77. The summed E-state index contributed by atoms with van der Waals surface area (Å²) in [5, 5.41) is 9.34. The lowest BCUT2D eigenvalue weighted by atomic mass is 10.1. The highest BCUT2D eigenvalue weighted by molar-refractivity contribution is 6.29. The van der Waals surface area contributed by atoms with Crippen LogP contribution in [0.5, 0.6) is 0 Å². The molecule has 6 heteroatoms. The number of nitrogens with zero attached hydrogens (tertiary/aromatic N) is 2. The van der Waals surface area contributed by atoms with E-state index in [0.717, 1.165) is 4.90 Å². The molecule has 0 saturated carbocycles. The monoisotopic (exact) mass is 256 g/mol. The number of anilines is 1. The number of pyridine rings is 1. The number of hydrogen-bond donors (Lipinski definition) is 1. The van der Waals surface area contributed by atoms with Gasteiger partial charge in [0.05, 0.1) is 5.56 Å². The predicted octanol–water partition coefficient (Wildman–Crippen LogP) is 2.83. The first-order valence-electron chi connectivity index (χ1n) is 4.92. The van der Waals surface area contributed by atoms with Crippen LogP contribution in [0, 0.1) is 0 Å². The number of carbonyl (C=O) groups excluding carboxylic acids is 1. The molecule has 0 aliphatic heterocycles. The molecule has 0 aromatic carbocycles. The van der Waals surface area contributed by atoms with Crippen molar-refractivity contribution in [1.82, 2.24) is 4.98 Å². The van der Waals surface area contributed by atoms with E-state index in [9.17, 15) is 14.7 Å². The molecule has 0 saturated heterocycles. The van der Waals surface area contributed by atoms with Gasteiger partial charge in [-0.25, -0.2) is 9.78 Å². The number of aldehydes is 1. The average molecular weight is 257 g/mol. The van der Waals surface area contributed by atoms with Crippen molar-refractivity contribution in [2.24, 2.45) is 0 Å². The van der Waals surface area contributed by atoms with E-state index in [1.165, 1.54) is 12.1 Å². The van der Waals surface area contributed by atoms with Crippen molar-refractivity contribution in [2.45, 2.75) is 26.3 Å². The number of aromatic nitrogens is 1. The summed E-state index contributed by atoms with van der Waals surface area (Å²) in [6.07, 6.45) is -0.629. The van der Waals surface area contributed by atoms with Gasteiger partial charge in [-0.05, 0) is 32.9 Å². The maximum atomic E-state index is 11.3. The van der Waals surface area contributed by atoms with Gasteiger partial charge in [-0.3, -0.25) is 9.69 Å². The Balaban J connectivity index is 3.42. The van der Waals surface area contributed by atoms with E-state index in [0.29, 0.717) is 6.29 Å². The van der Waals surface area contributed by atoms with Gasteiger partial charge in [-0.1, -0.05) is 11.6 Å². The molecule has 0 bridgehead atoms. The number of carboxylic acid groups (broad SMARTS) is 1. The maximum Gasteiger partial charge on any atom is 0.413 e. The van der Waals surface area contributed by atoms with Crippen LogP contribution in [0.25, 0.3) is 0 Å². The summed E-state index contributed by atoms with van der Waals surface area (Å²) in [6.45, 7) is 5.12. The minimum Gasteiger partial charge on any atom is -0.465 e. The SMILES string of the molecule is CC(C)(C)N(C(=O)O)c1nc(Cl)ccc1C=O. The Hall–Kier alpha value is -1.62. The quantitative estimate of drug-likeness (QED) is 0.652. The van der Waals surface area contributed by atoms with Gasteiger partial charge < -0.3 is 5.11 Å². The molecular weight excluding hydrogens is 244 g/mol. The Morgan fingerprint density at radius 2 is 2.06 bits per heavy atom. The zero-order chi connectivity index (χ0) is 13.2. The normalized spacial score (nSPS) is 11.1. The number of halogens is 1. The standard InChI is InChI=1S/C11H13ClN2O3/c1-11(2,3)14(10(16)17)9-7(6-15)4-5-8(12)13-9/h4-6H,1-3H3,(H,16,17). The smallest absolute Gasteiger partial charge is 0.413 e. The van der Waals surface area contributed by atoms with Crippen molar-refractivity contribution in [1.29, 1.82) is 0 Å². The van der Waals surface area contributed by atoms with Gasteiger partial charge in [0.2, 0.25) is 0 Å². The highest BCUT2D eigenvalue weighted by atomic mass is 35.5. The molecule has 0 radical (unpaired) electrons. The molecule has 1 heterocycles. The van der Waals surface area contributed by atoms with Crippen LogP contribution in [-0.2, 0) is 0 Å². The summed E-state index contributed by atoms with van der Waals surface area (Å²) in [5.41, 5.74) is -0.534. The lowest BCUT2D eigenvalue weighted by molar-refractivity contribution is 0.112. The molecule has 0 aliphatic rings. The van der Waals surface area contributed by atoms with E-state index in [4.69, 9.17) is 11.6 Å². The van der Waals surface area contributed by atoms with E-state index in [2.05, 4.69) is 4.98 Å². The summed E-state index contributed by atoms with van der Waals surface area (Å²) < 4.78 is 0. The second kappa shape index (κ2) is 4.71. The molecule has 92 valence electrons. The van der Waals surface area contributed by atoms with Gasteiger partial charge in [-0.15, -0.1) is 0 Å². The molecule has 0 atom stereocenters. The Morgan fingerprint density at radius 3 is 2.47 bits per heavy atom. The molecule has 0 aliphatic carbocycles. The van der Waals surface area contributed by atoms with Crippen molar-refractivity contribution in [3.63, 3.8) is 0 Å². The number of rotatable bonds is 2. The third kappa shape index (κ3) is 2.94. The topological polar surface area (TPSA) is 70.5 Å². The third-order valence-corrected chi connectivity index (χ3v) is 2.28. The van der Waals surface area contributed by atoms with E-state index >= 15 is 0 Å². The second-order valence-corrected chi connectivity index (χ2v) is 4.84. The zero-order valence-corrected chi connectivity index (χ0v) is 10.5. The average Bonchev–Trinajstić information content (AvgIpc) is 2.15. The molecule has 1 aromatic heterocycles. The first-order chi connectivity index (χ1) is 7.77. The second-order valence-electron chi connectivity index (χ2n) is 4.45. The number of carbonyl (C=O) groups is 2. The van der Waals surface area contributed by atoms with E-state index in [1.807, 2.05) is 0 Å². The molecular formula is C11H13ClN2O3. The fraction of sp³-hybridized carbons (Fsp3) is 0.364. The summed E-state index contributed by atoms with van der Waals surface area (Å²) in [7, 11) is 0. The third-order valence-electron chi connectivity index (χ3n) is 2.07. The summed E-state index contributed by atoms with van der Waals surface area (Å²) in [4.78, 5) is 27.1. The van der Waals surface area contributed by atoms with Crippen LogP contribution in [0.15, 0.2) is 12.1 Å². The van der Waals surface area contributed by atoms with Gasteiger partial charge in [0.25, 0.3) is 0 Å². The van der Waals surface area contributed by atoms with Crippen LogP contribution in [0.1, 0.15) is 31.1 Å². The van der Waals surface area contributed by atoms with Crippen molar-refractivity contribution in [3.05, 3.63) is 22.8 Å². The van der Waals surface area contributed by atoms with Crippen LogP contribution in [0.4, 0.5) is 10.6 Å².